The highest BCUT2D eigenvalue weighted by atomic mass is 127. The van der Waals surface area contributed by atoms with Crippen molar-refractivity contribution in [3.8, 4) is 5.75 Å². The molecule has 0 heterocycles. The fraction of sp³-hybridized carbons (Fsp3) is 0.0714. The van der Waals surface area contributed by atoms with E-state index in [1.54, 1.807) is 12.1 Å². The maximum atomic E-state index is 11.7. The number of hydrogen-bond acceptors (Lipinski definition) is 2. The van der Waals surface area contributed by atoms with Crippen LogP contribution in [0.2, 0.25) is 0 Å². The highest BCUT2D eigenvalue weighted by Gasteiger charge is 1.99. The summed E-state index contributed by atoms with van der Waals surface area (Å²) in [5.41, 5.74) is 0.956. The molecule has 0 aliphatic carbocycles. The summed E-state index contributed by atoms with van der Waals surface area (Å²) in [6, 6.07) is 16.7. The molecule has 2 nitrogen and oxygen atoms in total. The molecule has 17 heavy (non-hydrogen) atoms. The zero-order valence-electron chi connectivity index (χ0n) is 9.10. The molecule has 2 rings (SSSR count). The quantitative estimate of drug-likeness (QED) is 0.804. The summed E-state index contributed by atoms with van der Waals surface area (Å²) in [5, 5.41) is 0. The van der Waals surface area contributed by atoms with Crippen LogP contribution in [0.4, 0.5) is 0 Å². The minimum absolute atomic E-state index is 0.0937. The van der Waals surface area contributed by atoms with Crippen LogP contribution in [0.3, 0.4) is 0 Å². The van der Waals surface area contributed by atoms with E-state index in [1.165, 1.54) is 6.07 Å². The van der Waals surface area contributed by atoms with Crippen LogP contribution in [0.5, 0.6) is 5.75 Å². The van der Waals surface area contributed by atoms with Crippen molar-refractivity contribution in [1.82, 2.24) is 0 Å². The smallest absolute Gasteiger partial charge is 0.220 e. The van der Waals surface area contributed by atoms with Crippen LogP contribution in [0.1, 0.15) is 5.56 Å². The fourth-order valence-electron chi connectivity index (χ4n) is 1.38. The molecule has 0 aromatic heterocycles. The van der Waals surface area contributed by atoms with Gasteiger partial charge in [0.05, 0.1) is 0 Å². The van der Waals surface area contributed by atoms with Gasteiger partial charge in [-0.2, -0.15) is 0 Å². The van der Waals surface area contributed by atoms with E-state index in [0.29, 0.717) is 12.4 Å². The number of hydrogen-bond donors (Lipinski definition) is 0. The normalized spacial score (nSPS) is 9.94. The molecule has 0 saturated heterocycles. The average Bonchev–Trinajstić information content (AvgIpc) is 2.52. The first-order valence-electron chi connectivity index (χ1n) is 5.22. The van der Waals surface area contributed by atoms with E-state index in [-0.39, 0.29) is 5.43 Å². The minimum atomic E-state index is -0.0937. The monoisotopic (exact) mass is 338 g/mol. The Labute approximate surface area is 113 Å². The van der Waals surface area contributed by atoms with Crippen molar-refractivity contribution in [2.24, 2.45) is 0 Å². The summed E-state index contributed by atoms with van der Waals surface area (Å²) in [6.45, 7) is 0.413. The Morgan fingerprint density at radius 1 is 0.941 bits per heavy atom. The summed E-state index contributed by atoms with van der Waals surface area (Å²) in [7, 11) is 0. The molecule has 0 amide bonds. The van der Waals surface area contributed by atoms with Crippen LogP contribution in [0, 0.1) is 3.57 Å². The molecule has 0 aliphatic heterocycles. The van der Waals surface area contributed by atoms with Crippen LogP contribution < -0.4 is 10.2 Å². The van der Waals surface area contributed by atoms with Crippen LogP contribution in [0.15, 0.2) is 59.4 Å². The van der Waals surface area contributed by atoms with Gasteiger partial charge in [-0.15, -0.1) is 0 Å². The lowest BCUT2D eigenvalue weighted by atomic mass is 10.2. The van der Waals surface area contributed by atoms with Crippen LogP contribution in [-0.2, 0) is 6.61 Å². The van der Waals surface area contributed by atoms with Gasteiger partial charge >= 0.3 is 0 Å². The number of rotatable bonds is 3. The van der Waals surface area contributed by atoms with E-state index in [1.807, 2.05) is 36.4 Å². The topological polar surface area (TPSA) is 26.3 Å². The van der Waals surface area contributed by atoms with E-state index in [4.69, 9.17) is 4.74 Å². The van der Waals surface area contributed by atoms with Crippen molar-refractivity contribution >= 4 is 22.6 Å². The van der Waals surface area contributed by atoms with Gasteiger partial charge in [0.15, 0.2) is 5.75 Å². The first-order valence-corrected chi connectivity index (χ1v) is 6.30. The Morgan fingerprint density at radius 2 is 1.65 bits per heavy atom. The second kappa shape index (κ2) is 5.82. The van der Waals surface area contributed by atoms with Crippen molar-refractivity contribution in [3.63, 3.8) is 0 Å². The molecule has 0 unspecified atom stereocenters. The summed E-state index contributed by atoms with van der Waals surface area (Å²) in [6.07, 6.45) is 0. The largest absolute Gasteiger partial charge is 0.485 e. The van der Waals surface area contributed by atoms with Gasteiger partial charge in [-0.25, -0.2) is 0 Å². The van der Waals surface area contributed by atoms with E-state index < -0.39 is 0 Å². The second-order valence-electron chi connectivity index (χ2n) is 3.55. The number of halogens is 1. The minimum Gasteiger partial charge on any atom is -0.485 e. The zero-order valence-corrected chi connectivity index (χ0v) is 11.3. The molecule has 0 N–H and O–H groups in total. The molecule has 2 aromatic carbocycles. The molecule has 0 fully saturated rings. The predicted molar refractivity (Wildman–Crippen MR) is 76.2 cm³/mol. The highest BCUT2D eigenvalue weighted by molar-refractivity contribution is 14.1. The average molecular weight is 338 g/mol. The lowest BCUT2D eigenvalue weighted by Crippen LogP contribution is -2.04. The van der Waals surface area contributed by atoms with Gasteiger partial charge in [0.1, 0.15) is 6.61 Å². The fourth-order valence-corrected chi connectivity index (χ4v) is 1.74. The maximum Gasteiger partial charge on any atom is 0.220 e. The second-order valence-corrected chi connectivity index (χ2v) is 4.80. The van der Waals surface area contributed by atoms with Gasteiger partial charge in [0.25, 0.3) is 0 Å². The molecule has 2 aromatic rings. The van der Waals surface area contributed by atoms with Crippen LogP contribution in [0.25, 0.3) is 0 Å². The molecule has 0 atom stereocenters. The van der Waals surface area contributed by atoms with Gasteiger partial charge in [0.2, 0.25) is 5.43 Å². The van der Waals surface area contributed by atoms with Crippen molar-refractivity contribution in [2.45, 2.75) is 6.61 Å². The maximum absolute atomic E-state index is 11.7. The third-order valence-electron chi connectivity index (χ3n) is 2.27. The SMILES string of the molecule is O=c1ccc(I)ccc1OCc1ccccc1. The summed E-state index contributed by atoms with van der Waals surface area (Å²) in [4.78, 5) is 11.7. The van der Waals surface area contributed by atoms with Gasteiger partial charge in [-0.05, 0) is 52.4 Å². The van der Waals surface area contributed by atoms with E-state index in [9.17, 15) is 4.79 Å². The predicted octanol–water partition coefficient (Wildman–Crippen LogP) is 3.23. The molecule has 0 saturated carbocycles. The molecular formula is C14H11IO2. The van der Waals surface area contributed by atoms with Crippen molar-refractivity contribution in [1.29, 1.82) is 0 Å². The Hall–Kier alpha value is -1.36. The number of benzene rings is 1. The zero-order chi connectivity index (χ0) is 12.1. The van der Waals surface area contributed by atoms with Crippen LogP contribution >= 0.6 is 22.6 Å². The summed E-state index contributed by atoms with van der Waals surface area (Å²) in [5.74, 6) is 0.386. The Bertz CT molecular complexity index is 552. The lowest BCUT2D eigenvalue weighted by Gasteiger charge is -2.03. The van der Waals surface area contributed by atoms with E-state index in [0.717, 1.165) is 9.13 Å². The Kier molecular flexibility index (Phi) is 4.14. The highest BCUT2D eigenvalue weighted by Crippen LogP contribution is 2.09. The Balaban J connectivity index is 2.15. The summed E-state index contributed by atoms with van der Waals surface area (Å²) >= 11 is 2.16. The lowest BCUT2D eigenvalue weighted by molar-refractivity contribution is 0.304. The van der Waals surface area contributed by atoms with E-state index in [2.05, 4.69) is 22.6 Å². The third kappa shape index (κ3) is 3.56. The molecule has 0 aliphatic rings. The first-order chi connectivity index (χ1) is 8.25. The summed E-state index contributed by atoms with van der Waals surface area (Å²) < 4.78 is 6.53. The molecular weight excluding hydrogens is 327 g/mol. The molecule has 0 spiro atoms. The van der Waals surface area contributed by atoms with Crippen LogP contribution in [-0.4, -0.2) is 0 Å². The number of ether oxygens (including phenoxy) is 1. The molecule has 3 heteroatoms. The molecule has 0 bridgehead atoms. The molecule has 0 radical (unpaired) electrons. The Morgan fingerprint density at radius 3 is 2.41 bits per heavy atom. The van der Waals surface area contributed by atoms with Crippen molar-refractivity contribution in [2.75, 3.05) is 0 Å². The van der Waals surface area contributed by atoms with Crippen molar-refractivity contribution in [3.05, 3.63) is 74.0 Å². The first kappa shape index (κ1) is 12.1. The van der Waals surface area contributed by atoms with Gasteiger partial charge in [-0.3, -0.25) is 4.79 Å². The van der Waals surface area contributed by atoms with Gasteiger partial charge in [-0.1, -0.05) is 30.3 Å². The van der Waals surface area contributed by atoms with Gasteiger partial charge < -0.3 is 4.74 Å². The van der Waals surface area contributed by atoms with Crippen molar-refractivity contribution < 1.29 is 4.74 Å². The van der Waals surface area contributed by atoms with Gasteiger partial charge in [0, 0.05) is 3.57 Å². The van der Waals surface area contributed by atoms with E-state index >= 15 is 0 Å². The molecule has 86 valence electrons. The standard InChI is InChI=1S/C14H11IO2/c15-12-6-8-13(16)14(9-7-12)17-10-11-4-2-1-3-5-11/h1-9H,10H2. The third-order valence-corrected chi connectivity index (χ3v) is 2.99.